The Morgan fingerprint density at radius 3 is 2.80 bits per heavy atom. The van der Waals surface area contributed by atoms with Crippen molar-refractivity contribution in [2.24, 2.45) is 5.73 Å². The van der Waals surface area contributed by atoms with Crippen molar-refractivity contribution in [1.82, 2.24) is 15.1 Å². The standard InChI is InChI=1S/C15H20N4O/c1-12-4-6-13(7-5-12)14(16)15(20)17-8-2-10-19-11-3-9-18-19/h3-7,9,11,14H,2,8,10,16H2,1H3,(H,17,20). The van der Waals surface area contributed by atoms with Crippen LogP contribution >= 0.6 is 0 Å². The van der Waals surface area contributed by atoms with Gasteiger partial charge in [0.2, 0.25) is 5.91 Å². The Balaban J connectivity index is 1.75. The van der Waals surface area contributed by atoms with Gasteiger partial charge < -0.3 is 11.1 Å². The highest BCUT2D eigenvalue weighted by molar-refractivity contribution is 5.82. The number of aromatic nitrogens is 2. The summed E-state index contributed by atoms with van der Waals surface area (Å²) in [5, 5.41) is 6.96. The summed E-state index contributed by atoms with van der Waals surface area (Å²) in [5.41, 5.74) is 7.92. The number of hydrogen-bond donors (Lipinski definition) is 2. The fourth-order valence-corrected chi connectivity index (χ4v) is 1.92. The van der Waals surface area contributed by atoms with Crippen LogP contribution in [0.5, 0.6) is 0 Å². The lowest BCUT2D eigenvalue weighted by Crippen LogP contribution is -2.34. The van der Waals surface area contributed by atoms with Crippen LogP contribution in [0, 0.1) is 6.92 Å². The van der Waals surface area contributed by atoms with E-state index < -0.39 is 6.04 Å². The topological polar surface area (TPSA) is 72.9 Å². The molecule has 5 heteroatoms. The number of amides is 1. The lowest BCUT2D eigenvalue weighted by atomic mass is 10.1. The van der Waals surface area contributed by atoms with Gasteiger partial charge in [-0.15, -0.1) is 0 Å². The number of nitrogens with one attached hydrogen (secondary N) is 1. The largest absolute Gasteiger partial charge is 0.354 e. The van der Waals surface area contributed by atoms with Gasteiger partial charge in [-0.05, 0) is 25.0 Å². The summed E-state index contributed by atoms with van der Waals surface area (Å²) >= 11 is 0. The Morgan fingerprint density at radius 1 is 1.40 bits per heavy atom. The van der Waals surface area contributed by atoms with Gasteiger partial charge in [0.25, 0.3) is 0 Å². The number of rotatable bonds is 6. The third kappa shape index (κ3) is 3.93. The SMILES string of the molecule is Cc1ccc(C(N)C(=O)NCCCn2cccn2)cc1. The maximum atomic E-state index is 11.9. The molecule has 0 saturated heterocycles. The van der Waals surface area contributed by atoms with Crippen LogP contribution in [0.15, 0.2) is 42.7 Å². The van der Waals surface area contributed by atoms with Crippen LogP contribution in [0.3, 0.4) is 0 Å². The van der Waals surface area contributed by atoms with Crippen LogP contribution in [-0.2, 0) is 11.3 Å². The number of benzene rings is 1. The quantitative estimate of drug-likeness (QED) is 0.781. The molecule has 0 aliphatic heterocycles. The van der Waals surface area contributed by atoms with Crippen LogP contribution in [0.25, 0.3) is 0 Å². The summed E-state index contributed by atoms with van der Waals surface area (Å²) < 4.78 is 1.84. The first-order valence-electron chi connectivity index (χ1n) is 6.74. The minimum absolute atomic E-state index is 0.144. The monoisotopic (exact) mass is 272 g/mol. The van der Waals surface area contributed by atoms with Gasteiger partial charge in [-0.1, -0.05) is 29.8 Å². The van der Waals surface area contributed by atoms with Crippen LogP contribution in [-0.4, -0.2) is 22.2 Å². The molecule has 1 heterocycles. The van der Waals surface area contributed by atoms with Crippen molar-refractivity contribution >= 4 is 5.91 Å². The molecule has 1 atom stereocenters. The maximum absolute atomic E-state index is 11.9. The van der Waals surface area contributed by atoms with E-state index in [0.717, 1.165) is 24.1 Å². The predicted octanol–water partition coefficient (Wildman–Crippen LogP) is 1.40. The minimum Gasteiger partial charge on any atom is -0.354 e. The molecule has 0 spiro atoms. The molecule has 20 heavy (non-hydrogen) atoms. The first-order valence-corrected chi connectivity index (χ1v) is 6.74. The van der Waals surface area contributed by atoms with E-state index >= 15 is 0 Å². The Labute approximate surface area is 118 Å². The molecular weight excluding hydrogens is 252 g/mol. The van der Waals surface area contributed by atoms with Crippen LogP contribution in [0.4, 0.5) is 0 Å². The minimum atomic E-state index is -0.611. The zero-order valence-electron chi connectivity index (χ0n) is 11.6. The van der Waals surface area contributed by atoms with E-state index in [-0.39, 0.29) is 5.91 Å². The third-order valence-electron chi connectivity index (χ3n) is 3.14. The molecule has 0 saturated carbocycles. The number of hydrogen-bond acceptors (Lipinski definition) is 3. The molecule has 106 valence electrons. The summed E-state index contributed by atoms with van der Waals surface area (Å²) in [6.07, 6.45) is 4.47. The molecule has 0 radical (unpaired) electrons. The number of carbonyl (C=O) groups excluding carboxylic acids is 1. The predicted molar refractivity (Wildman–Crippen MR) is 78.0 cm³/mol. The van der Waals surface area contributed by atoms with E-state index in [4.69, 9.17) is 5.73 Å². The number of nitrogens with two attached hydrogens (primary N) is 1. The van der Waals surface area contributed by atoms with Crippen molar-refractivity contribution in [3.05, 3.63) is 53.9 Å². The highest BCUT2D eigenvalue weighted by Gasteiger charge is 2.14. The van der Waals surface area contributed by atoms with Crippen LogP contribution in [0.1, 0.15) is 23.6 Å². The lowest BCUT2D eigenvalue weighted by molar-refractivity contribution is -0.122. The molecular formula is C15H20N4O. The summed E-state index contributed by atoms with van der Waals surface area (Å²) in [6, 6.07) is 8.97. The van der Waals surface area contributed by atoms with E-state index in [9.17, 15) is 4.79 Å². The average Bonchev–Trinajstić information content (AvgIpc) is 2.96. The Kier molecular flexibility index (Phi) is 4.90. The molecule has 0 aliphatic rings. The molecule has 1 amide bonds. The van der Waals surface area contributed by atoms with Gasteiger partial charge in [0.15, 0.2) is 0 Å². The van der Waals surface area contributed by atoms with Crippen molar-refractivity contribution in [3.63, 3.8) is 0 Å². The zero-order valence-corrected chi connectivity index (χ0v) is 11.6. The van der Waals surface area contributed by atoms with Gasteiger partial charge in [-0.3, -0.25) is 9.48 Å². The van der Waals surface area contributed by atoms with Crippen molar-refractivity contribution in [2.45, 2.75) is 25.9 Å². The Bertz CT molecular complexity index is 534. The second-order valence-electron chi connectivity index (χ2n) is 4.80. The van der Waals surface area contributed by atoms with Crippen molar-refractivity contribution in [3.8, 4) is 0 Å². The number of carbonyl (C=O) groups is 1. The fraction of sp³-hybridized carbons (Fsp3) is 0.333. The molecule has 2 aromatic rings. The Hall–Kier alpha value is -2.14. The zero-order chi connectivity index (χ0) is 14.4. The molecule has 0 aliphatic carbocycles. The Morgan fingerprint density at radius 2 is 2.15 bits per heavy atom. The molecule has 2 rings (SSSR count). The van der Waals surface area contributed by atoms with Crippen LogP contribution in [0.2, 0.25) is 0 Å². The molecule has 3 N–H and O–H groups in total. The first kappa shape index (κ1) is 14.3. The van der Waals surface area contributed by atoms with Crippen molar-refractivity contribution in [1.29, 1.82) is 0 Å². The van der Waals surface area contributed by atoms with Gasteiger partial charge in [-0.2, -0.15) is 5.10 Å². The van der Waals surface area contributed by atoms with E-state index in [0.29, 0.717) is 6.54 Å². The van der Waals surface area contributed by atoms with Crippen molar-refractivity contribution < 1.29 is 4.79 Å². The lowest BCUT2D eigenvalue weighted by Gasteiger charge is -2.12. The molecule has 1 aromatic carbocycles. The average molecular weight is 272 g/mol. The van der Waals surface area contributed by atoms with Gasteiger partial charge in [0.1, 0.15) is 6.04 Å². The maximum Gasteiger partial charge on any atom is 0.241 e. The van der Waals surface area contributed by atoms with Gasteiger partial charge in [0.05, 0.1) is 0 Å². The van der Waals surface area contributed by atoms with Gasteiger partial charge in [-0.25, -0.2) is 0 Å². The second-order valence-corrected chi connectivity index (χ2v) is 4.80. The van der Waals surface area contributed by atoms with E-state index in [2.05, 4.69) is 10.4 Å². The van der Waals surface area contributed by atoms with E-state index in [1.54, 1.807) is 6.20 Å². The number of nitrogens with zero attached hydrogens (tertiary/aromatic N) is 2. The molecule has 0 bridgehead atoms. The third-order valence-corrected chi connectivity index (χ3v) is 3.14. The smallest absolute Gasteiger partial charge is 0.241 e. The molecule has 0 fully saturated rings. The summed E-state index contributed by atoms with van der Waals surface area (Å²) in [6.45, 7) is 3.38. The first-order chi connectivity index (χ1) is 9.66. The molecule has 1 aromatic heterocycles. The molecule has 5 nitrogen and oxygen atoms in total. The van der Waals surface area contributed by atoms with E-state index in [1.807, 2.05) is 48.1 Å². The summed E-state index contributed by atoms with van der Waals surface area (Å²) in [5.74, 6) is -0.144. The van der Waals surface area contributed by atoms with E-state index in [1.165, 1.54) is 0 Å². The summed E-state index contributed by atoms with van der Waals surface area (Å²) in [4.78, 5) is 11.9. The normalized spacial score (nSPS) is 12.1. The molecule has 1 unspecified atom stereocenters. The second kappa shape index (κ2) is 6.86. The highest BCUT2D eigenvalue weighted by Crippen LogP contribution is 2.11. The number of aryl methyl sites for hydroxylation is 2. The van der Waals surface area contributed by atoms with Crippen LogP contribution < -0.4 is 11.1 Å². The highest BCUT2D eigenvalue weighted by atomic mass is 16.2. The van der Waals surface area contributed by atoms with Gasteiger partial charge in [0, 0.05) is 25.5 Å². The fourth-order valence-electron chi connectivity index (χ4n) is 1.92. The summed E-state index contributed by atoms with van der Waals surface area (Å²) in [7, 11) is 0. The van der Waals surface area contributed by atoms with Crippen molar-refractivity contribution in [2.75, 3.05) is 6.54 Å². The van der Waals surface area contributed by atoms with Gasteiger partial charge >= 0.3 is 0 Å².